The largest absolute Gasteiger partial charge is 0.453 e. The van der Waals surface area contributed by atoms with Gasteiger partial charge < -0.3 is 9.47 Å². The van der Waals surface area contributed by atoms with Crippen LogP contribution in [0.1, 0.15) is 64.2 Å². The van der Waals surface area contributed by atoms with Crippen molar-refractivity contribution >= 4 is 5.97 Å². The molecule has 22 heavy (non-hydrogen) atoms. The molecule has 3 heteroatoms. The van der Waals surface area contributed by atoms with Crippen LogP contribution in [0.4, 0.5) is 0 Å². The molecule has 0 aromatic carbocycles. The molecule has 0 amide bonds. The van der Waals surface area contributed by atoms with E-state index in [4.69, 9.17) is 9.47 Å². The molecule has 4 atom stereocenters. The maximum absolute atomic E-state index is 12.1. The molecule has 122 valence electrons. The van der Waals surface area contributed by atoms with Crippen LogP contribution in [-0.4, -0.2) is 24.3 Å². The second-order valence-corrected chi connectivity index (χ2v) is 7.85. The lowest BCUT2D eigenvalue weighted by molar-refractivity contribution is -0.307. The maximum atomic E-state index is 12.1. The van der Waals surface area contributed by atoms with E-state index in [9.17, 15) is 4.79 Å². The average Bonchev–Trinajstić information content (AvgIpc) is 2.91. The molecule has 4 fully saturated rings. The summed E-state index contributed by atoms with van der Waals surface area (Å²) in [4.78, 5) is 12.1. The number of hydrogen-bond donors (Lipinski definition) is 0. The first-order valence-electron chi connectivity index (χ1n) is 9.21. The summed E-state index contributed by atoms with van der Waals surface area (Å²) in [6.45, 7) is 4.47. The van der Waals surface area contributed by atoms with Gasteiger partial charge in [-0.1, -0.05) is 38.7 Å². The molecule has 0 N–H and O–H groups in total. The molecule has 1 spiro atoms. The van der Waals surface area contributed by atoms with E-state index in [1.54, 1.807) is 0 Å². The Morgan fingerprint density at radius 2 is 1.86 bits per heavy atom. The van der Waals surface area contributed by atoms with E-state index in [0.717, 1.165) is 6.61 Å². The molecule has 3 saturated carbocycles. The number of carbonyl (C=O) groups is 1. The highest BCUT2D eigenvalue weighted by Gasteiger charge is 2.77. The van der Waals surface area contributed by atoms with Crippen molar-refractivity contribution < 1.29 is 14.3 Å². The quantitative estimate of drug-likeness (QED) is 0.583. The third kappa shape index (κ3) is 1.81. The van der Waals surface area contributed by atoms with Gasteiger partial charge in [0.2, 0.25) is 0 Å². The van der Waals surface area contributed by atoms with Crippen LogP contribution in [-0.2, 0) is 14.3 Å². The molecule has 1 heterocycles. The monoisotopic (exact) mass is 304 g/mol. The molecule has 0 aromatic rings. The lowest BCUT2D eigenvalue weighted by Crippen LogP contribution is -2.76. The van der Waals surface area contributed by atoms with Gasteiger partial charge in [-0.2, -0.15) is 0 Å². The fourth-order valence-electron chi connectivity index (χ4n) is 6.36. The second-order valence-electron chi connectivity index (χ2n) is 7.85. The highest BCUT2D eigenvalue weighted by molar-refractivity contribution is 5.82. The normalized spacial score (nSPS) is 44.5. The molecule has 4 unspecified atom stereocenters. The minimum atomic E-state index is -0.345. The number of esters is 1. The average molecular weight is 304 g/mol. The van der Waals surface area contributed by atoms with E-state index in [2.05, 4.69) is 6.58 Å². The number of hydrogen-bond acceptors (Lipinski definition) is 3. The lowest BCUT2D eigenvalue weighted by Gasteiger charge is -2.68. The van der Waals surface area contributed by atoms with Crippen LogP contribution in [0.2, 0.25) is 0 Å². The molecule has 3 nitrogen and oxygen atoms in total. The molecule has 4 aliphatic rings. The molecule has 3 aliphatic carbocycles. The summed E-state index contributed by atoms with van der Waals surface area (Å²) in [6, 6.07) is 0. The van der Waals surface area contributed by atoms with Crippen molar-refractivity contribution in [3.8, 4) is 0 Å². The van der Waals surface area contributed by atoms with Gasteiger partial charge in [-0.3, -0.25) is 0 Å². The summed E-state index contributed by atoms with van der Waals surface area (Å²) in [5.41, 5.74) is -0.0280. The third-order valence-electron chi connectivity index (χ3n) is 7.09. The number of rotatable bonds is 3. The molecule has 0 bridgehead atoms. The SMILES string of the molecule is C=CC(=O)OC1(C2CCCCC2)C2CCCCC23CCOC31. The Kier molecular flexibility index (Phi) is 3.60. The highest BCUT2D eigenvalue weighted by atomic mass is 16.6. The van der Waals surface area contributed by atoms with E-state index < -0.39 is 0 Å². The zero-order valence-corrected chi connectivity index (χ0v) is 13.5. The van der Waals surface area contributed by atoms with Gasteiger partial charge in [-0.15, -0.1) is 0 Å². The van der Waals surface area contributed by atoms with Gasteiger partial charge in [0, 0.05) is 29.9 Å². The summed E-state index contributed by atoms with van der Waals surface area (Å²) >= 11 is 0. The predicted octanol–water partition coefficient (Wildman–Crippen LogP) is 4.01. The first kappa shape index (κ1) is 14.7. The third-order valence-corrected chi connectivity index (χ3v) is 7.09. The van der Waals surface area contributed by atoms with Crippen molar-refractivity contribution in [2.45, 2.75) is 75.9 Å². The van der Waals surface area contributed by atoms with Gasteiger partial charge in [0.25, 0.3) is 0 Å². The second kappa shape index (κ2) is 5.36. The van der Waals surface area contributed by atoms with Crippen molar-refractivity contribution in [1.82, 2.24) is 0 Å². The summed E-state index contributed by atoms with van der Waals surface area (Å²) in [5, 5.41) is 0. The van der Waals surface area contributed by atoms with E-state index >= 15 is 0 Å². The van der Waals surface area contributed by atoms with Crippen molar-refractivity contribution in [1.29, 1.82) is 0 Å². The fraction of sp³-hybridized carbons (Fsp3) is 0.842. The zero-order chi connectivity index (χ0) is 15.2. The Bertz CT molecular complexity index is 467. The van der Waals surface area contributed by atoms with Crippen LogP contribution in [0.25, 0.3) is 0 Å². The van der Waals surface area contributed by atoms with Gasteiger partial charge in [0.15, 0.2) is 0 Å². The zero-order valence-electron chi connectivity index (χ0n) is 13.5. The topological polar surface area (TPSA) is 35.5 Å². The standard InChI is InChI=1S/C19H28O3/c1-2-16(20)22-19(14-8-4-3-5-9-14)15-10-6-7-11-18(15)12-13-21-17(18)19/h2,14-15,17H,1,3-13H2. The van der Waals surface area contributed by atoms with Gasteiger partial charge in [-0.25, -0.2) is 4.79 Å². The van der Waals surface area contributed by atoms with Crippen molar-refractivity contribution in [2.75, 3.05) is 6.61 Å². The Morgan fingerprint density at radius 1 is 1.09 bits per heavy atom. The minimum absolute atomic E-state index is 0.150. The highest BCUT2D eigenvalue weighted by Crippen LogP contribution is 2.70. The minimum Gasteiger partial charge on any atom is -0.453 e. The molecule has 1 aliphatic heterocycles. The van der Waals surface area contributed by atoms with Crippen LogP contribution in [0.5, 0.6) is 0 Å². The van der Waals surface area contributed by atoms with Crippen LogP contribution in [0.3, 0.4) is 0 Å². The first-order chi connectivity index (χ1) is 10.7. The van der Waals surface area contributed by atoms with E-state index in [1.807, 2.05) is 0 Å². The van der Waals surface area contributed by atoms with E-state index in [0.29, 0.717) is 17.3 Å². The van der Waals surface area contributed by atoms with Crippen LogP contribution < -0.4 is 0 Å². The number of ether oxygens (including phenoxy) is 2. The van der Waals surface area contributed by atoms with Gasteiger partial charge in [0.05, 0.1) is 0 Å². The fourth-order valence-corrected chi connectivity index (χ4v) is 6.36. The Labute approximate surface area is 133 Å². The van der Waals surface area contributed by atoms with Crippen molar-refractivity contribution in [3.63, 3.8) is 0 Å². The van der Waals surface area contributed by atoms with Gasteiger partial charge in [0.1, 0.15) is 11.7 Å². The van der Waals surface area contributed by atoms with Gasteiger partial charge >= 0.3 is 5.97 Å². The van der Waals surface area contributed by atoms with E-state index in [-0.39, 0.29) is 17.7 Å². The van der Waals surface area contributed by atoms with Crippen molar-refractivity contribution in [2.24, 2.45) is 17.3 Å². The summed E-state index contributed by atoms with van der Waals surface area (Å²) in [5.74, 6) is 0.762. The predicted molar refractivity (Wildman–Crippen MR) is 84.3 cm³/mol. The molecule has 4 rings (SSSR count). The lowest BCUT2D eigenvalue weighted by atomic mass is 9.40. The smallest absolute Gasteiger partial charge is 0.330 e. The Morgan fingerprint density at radius 3 is 2.64 bits per heavy atom. The molecule has 1 saturated heterocycles. The first-order valence-corrected chi connectivity index (χ1v) is 9.21. The van der Waals surface area contributed by atoms with Crippen LogP contribution in [0, 0.1) is 17.3 Å². The van der Waals surface area contributed by atoms with Crippen LogP contribution in [0.15, 0.2) is 12.7 Å². The maximum Gasteiger partial charge on any atom is 0.330 e. The summed E-state index contributed by atoms with van der Waals surface area (Å²) in [7, 11) is 0. The van der Waals surface area contributed by atoms with Gasteiger partial charge in [-0.05, 0) is 32.1 Å². The Balaban J connectivity index is 1.70. The van der Waals surface area contributed by atoms with Crippen LogP contribution >= 0.6 is 0 Å². The summed E-state index contributed by atoms with van der Waals surface area (Å²) < 4.78 is 12.4. The molecule has 0 aromatic heterocycles. The molecular formula is C19H28O3. The molecular weight excluding hydrogens is 276 g/mol. The summed E-state index contributed by atoms with van der Waals surface area (Å²) in [6.07, 6.45) is 14.0. The number of carbonyl (C=O) groups excluding carboxylic acids is 1. The van der Waals surface area contributed by atoms with E-state index in [1.165, 1.54) is 70.3 Å². The van der Waals surface area contributed by atoms with Crippen molar-refractivity contribution in [3.05, 3.63) is 12.7 Å². The Hall–Kier alpha value is -0.830. The molecule has 0 radical (unpaired) electrons.